The summed E-state index contributed by atoms with van der Waals surface area (Å²) >= 11 is 0. The lowest BCUT2D eigenvalue weighted by Crippen LogP contribution is -2.30. The first-order chi connectivity index (χ1) is 9.65. The minimum absolute atomic E-state index is 0.106. The lowest BCUT2D eigenvalue weighted by Gasteiger charge is -2.11. The summed E-state index contributed by atoms with van der Waals surface area (Å²) in [7, 11) is 0. The number of hydrogen-bond donors (Lipinski definition) is 2. The van der Waals surface area contributed by atoms with Crippen LogP contribution in [0.5, 0.6) is 0 Å². The van der Waals surface area contributed by atoms with Gasteiger partial charge in [-0.15, -0.1) is 0 Å². The van der Waals surface area contributed by atoms with E-state index in [0.717, 1.165) is 23.1 Å². The molecule has 0 radical (unpaired) electrons. The molecule has 1 aromatic carbocycles. The molecule has 5 heteroatoms. The van der Waals surface area contributed by atoms with Crippen molar-refractivity contribution in [3.05, 3.63) is 41.7 Å². The van der Waals surface area contributed by atoms with E-state index >= 15 is 0 Å². The molecule has 2 aromatic rings. The number of aromatic nitrogens is 2. The molecule has 5 nitrogen and oxygen atoms in total. The van der Waals surface area contributed by atoms with Crippen molar-refractivity contribution in [2.24, 2.45) is 5.73 Å². The number of rotatable bonds is 1. The highest BCUT2D eigenvalue weighted by atomic mass is 16.1. The molecule has 1 atom stereocenters. The zero-order valence-corrected chi connectivity index (χ0v) is 11.0. The van der Waals surface area contributed by atoms with Gasteiger partial charge in [-0.2, -0.15) is 0 Å². The van der Waals surface area contributed by atoms with E-state index in [1.807, 2.05) is 18.2 Å². The van der Waals surface area contributed by atoms with Gasteiger partial charge in [0.05, 0.1) is 6.04 Å². The normalized spacial score (nSPS) is 18.4. The molecule has 1 aromatic heterocycles. The Bertz CT molecular complexity index is 651. The summed E-state index contributed by atoms with van der Waals surface area (Å²) < 4.78 is 0. The van der Waals surface area contributed by atoms with Crippen molar-refractivity contribution in [2.75, 3.05) is 5.73 Å². The molecule has 0 saturated heterocycles. The minimum atomic E-state index is -0.363. The van der Waals surface area contributed by atoms with Gasteiger partial charge in [-0.1, -0.05) is 18.2 Å². The summed E-state index contributed by atoms with van der Waals surface area (Å²) in [6.07, 6.45) is 5.30. The van der Waals surface area contributed by atoms with E-state index in [4.69, 9.17) is 11.5 Å². The van der Waals surface area contributed by atoms with Gasteiger partial charge in [0.15, 0.2) is 5.78 Å². The average molecular weight is 268 g/mol. The SMILES string of the molecule is Nc1ncc(-c2cccc3c2CCC(N)C(=O)C3)cn1. The number of hydrogen-bond acceptors (Lipinski definition) is 5. The molecule has 4 N–H and O–H groups in total. The Balaban J connectivity index is 2.08. The number of carbonyl (C=O) groups is 1. The molecular weight excluding hydrogens is 252 g/mol. The van der Waals surface area contributed by atoms with Crippen molar-refractivity contribution in [3.8, 4) is 11.1 Å². The van der Waals surface area contributed by atoms with Gasteiger partial charge in [-0.05, 0) is 29.5 Å². The quantitative estimate of drug-likeness (QED) is 0.755. The number of carbonyl (C=O) groups excluding carboxylic acids is 1. The smallest absolute Gasteiger partial charge is 0.219 e. The van der Waals surface area contributed by atoms with Crippen LogP contribution in [0.4, 0.5) is 5.95 Å². The van der Waals surface area contributed by atoms with Gasteiger partial charge in [-0.3, -0.25) is 4.79 Å². The molecule has 0 fully saturated rings. The third-order valence-corrected chi connectivity index (χ3v) is 3.74. The highest BCUT2D eigenvalue weighted by Crippen LogP contribution is 2.29. The maximum absolute atomic E-state index is 11.9. The Labute approximate surface area is 117 Å². The van der Waals surface area contributed by atoms with Crippen LogP contribution in [0.15, 0.2) is 30.6 Å². The first-order valence-corrected chi connectivity index (χ1v) is 6.62. The fourth-order valence-corrected chi connectivity index (χ4v) is 2.62. The molecule has 3 rings (SSSR count). The van der Waals surface area contributed by atoms with Gasteiger partial charge in [0.1, 0.15) is 0 Å². The zero-order valence-electron chi connectivity index (χ0n) is 11.0. The maximum atomic E-state index is 11.9. The Hall–Kier alpha value is -2.27. The van der Waals surface area contributed by atoms with Gasteiger partial charge >= 0.3 is 0 Å². The summed E-state index contributed by atoms with van der Waals surface area (Å²) in [4.78, 5) is 20.0. The van der Waals surface area contributed by atoms with Gasteiger partial charge in [0, 0.05) is 24.4 Å². The maximum Gasteiger partial charge on any atom is 0.219 e. The van der Waals surface area contributed by atoms with Crippen molar-refractivity contribution in [2.45, 2.75) is 25.3 Å². The molecule has 20 heavy (non-hydrogen) atoms. The van der Waals surface area contributed by atoms with Crippen LogP contribution in [-0.4, -0.2) is 21.8 Å². The molecule has 0 bridgehead atoms. The molecule has 0 spiro atoms. The van der Waals surface area contributed by atoms with Crippen LogP contribution < -0.4 is 11.5 Å². The zero-order chi connectivity index (χ0) is 14.1. The number of fused-ring (bicyclic) bond motifs is 1. The Kier molecular flexibility index (Phi) is 3.20. The summed E-state index contributed by atoms with van der Waals surface area (Å²) in [6, 6.07) is 5.61. The summed E-state index contributed by atoms with van der Waals surface area (Å²) in [5.41, 5.74) is 15.6. The van der Waals surface area contributed by atoms with Gasteiger partial charge in [0.2, 0.25) is 5.95 Å². The predicted octanol–water partition coefficient (Wildman–Crippen LogP) is 1.11. The number of anilines is 1. The molecule has 1 aliphatic carbocycles. The second kappa shape index (κ2) is 5.02. The Morgan fingerprint density at radius 1 is 1.20 bits per heavy atom. The van der Waals surface area contributed by atoms with E-state index in [-0.39, 0.29) is 17.8 Å². The highest BCUT2D eigenvalue weighted by molar-refractivity contribution is 5.87. The van der Waals surface area contributed by atoms with E-state index in [0.29, 0.717) is 12.8 Å². The van der Waals surface area contributed by atoms with E-state index < -0.39 is 0 Å². The van der Waals surface area contributed by atoms with E-state index in [2.05, 4.69) is 9.97 Å². The van der Waals surface area contributed by atoms with Crippen LogP contribution in [0, 0.1) is 0 Å². The standard InChI is InChI=1S/C15H16N4O/c16-13-5-4-12-9(6-14(13)20)2-1-3-11(12)10-7-18-15(17)19-8-10/h1-3,7-8,13H,4-6,16H2,(H2,17,18,19). The number of nitrogen functional groups attached to an aromatic ring is 1. The molecule has 1 aliphatic rings. The van der Waals surface area contributed by atoms with Crippen LogP contribution in [0.25, 0.3) is 11.1 Å². The van der Waals surface area contributed by atoms with Gasteiger partial charge < -0.3 is 11.5 Å². The molecule has 0 saturated carbocycles. The summed E-state index contributed by atoms with van der Waals surface area (Å²) in [6.45, 7) is 0. The predicted molar refractivity (Wildman–Crippen MR) is 76.9 cm³/mol. The van der Waals surface area contributed by atoms with Crippen molar-refractivity contribution >= 4 is 11.7 Å². The van der Waals surface area contributed by atoms with Crippen molar-refractivity contribution < 1.29 is 4.79 Å². The van der Waals surface area contributed by atoms with Crippen molar-refractivity contribution in [1.29, 1.82) is 0 Å². The second-order valence-corrected chi connectivity index (χ2v) is 5.06. The van der Waals surface area contributed by atoms with Crippen LogP contribution in [-0.2, 0) is 17.6 Å². The number of ketones is 1. The Morgan fingerprint density at radius 3 is 2.70 bits per heavy atom. The van der Waals surface area contributed by atoms with Crippen LogP contribution in [0.3, 0.4) is 0 Å². The fraction of sp³-hybridized carbons (Fsp3) is 0.267. The van der Waals surface area contributed by atoms with Gasteiger partial charge in [0.25, 0.3) is 0 Å². The molecule has 102 valence electrons. The molecule has 1 heterocycles. The van der Waals surface area contributed by atoms with Crippen LogP contribution >= 0.6 is 0 Å². The highest BCUT2D eigenvalue weighted by Gasteiger charge is 2.22. The number of nitrogens with two attached hydrogens (primary N) is 2. The van der Waals surface area contributed by atoms with Gasteiger partial charge in [-0.25, -0.2) is 9.97 Å². The largest absolute Gasteiger partial charge is 0.368 e. The second-order valence-electron chi connectivity index (χ2n) is 5.06. The van der Waals surface area contributed by atoms with Crippen molar-refractivity contribution in [3.63, 3.8) is 0 Å². The Morgan fingerprint density at radius 2 is 1.95 bits per heavy atom. The third-order valence-electron chi connectivity index (χ3n) is 3.74. The first-order valence-electron chi connectivity index (χ1n) is 6.62. The third kappa shape index (κ3) is 2.28. The average Bonchev–Trinajstić information content (AvgIpc) is 2.59. The molecule has 0 aliphatic heterocycles. The fourth-order valence-electron chi connectivity index (χ4n) is 2.62. The first kappa shape index (κ1) is 12.7. The number of benzene rings is 1. The van der Waals surface area contributed by atoms with Crippen molar-refractivity contribution in [1.82, 2.24) is 9.97 Å². The summed E-state index contributed by atoms with van der Waals surface area (Å²) in [5.74, 6) is 0.363. The van der Waals surface area contributed by atoms with Crippen LogP contribution in [0.1, 0.15) is 17.5 Å². The van der Waals surface area contributed by atoms with Crippen LogP contribution in [0.2, 0.25) is 0 Å². The topological polar surface area (TPSA) is 94.9 Å². The number of Topliss-reactive ketones (excluding diaryl/α,β-unsaturated/α-hetero) is 1. The lowest BCUT2D eigenvalue weighted by atomic mass is 9.94. The molecule has 1 unspecified atom stereocenters. The van der Waals surface area contributed by atoms with E-state index in [1.165, 1.54) is 5.56 Å². The molecular formula is C15H16N4O. The number of nitrogens with zero attached hydrogens (tertiary/aromatic N) is 2. The van der Waals surface area contributed by atoms with E-state index in [1.54, 1.807) is 12.4 Å². The lowest BCUT2D eigenvalue weighted by molar-refractivity contribution is -0.119. The minimum Gasteiger partial charge on any atom is -0.368 e. The molecule has 0 amide bonds. The summed E-state index contributed by atoms with van der Waals surface area (Å²) in [5, 5.41) is 0. The van der Waals surface area contributed by atoms with E-state index in [9.17, 15) is 4.79 Å². The monoisotopic (exact) mass is 268 g/mol.